The average Bonchev–Trinajstić information content (AvgIpc) is 2.88. The molecule has 0 bridgehead atoms. The van der Waals surface area contributed by atoms with Crippen LogP contribution in [-0.4, -0.2) is 9.97 Å². The molecule has 4 heteroatoms. The summed E-state index contributed by atoms with van der Waals surface area (Å²) in [5, 5.41) is 0. The van der Waals surface area contributed by atoms with E-state index in [2.05, 4.69) is 23.8 Å². The number of aryl methyl sites for hydroxylation is 1. The Morgan fingerprint density at radius 2 is 1.26 bits per heavy atom. The first-order valence-corrected chi connectivity index (χ1v) is 13.5. The van der Waals surface area contributed by atoms with Crippen LogP contribution in [0.3, 0.4) is 0 Å². The predicted molar refractivity (Wildman–Crippen MR) is 142 cm³/mol. The summed E-state index contributed by atoms with van der Waals surface area (Å²) >= 11 is 0. The molecule has 2 nitrogen and oxygen atoms in total. The van der Waals surface area contributed by atoms with Crippen molar-refractivity contribution in [1.29, 1.82) is 0 Å². The summed E-state index contributed by atoms with van der Waals surface area (Å²) in [4.78, 5) is 8.74. The lowest BCUT2D eigenvalue weighted by atomic mass is 9.92. The molecule has 0 aliphatic carbocycles. The average molecular weight is 479 g/mol. The van der Waals surface area contributed by atoms with Gasteiger partial charge in [-0.1, -0.05) is 102 Å². The van der Waals surface area contributed by atoms with E-state index in [1.165, 1.54) is 51.0 Å². The molecule has 3 aromatic rings. The van der Waals surface area contributed by atoms with Crippen molar-refractivity contribution in [2.45, 2.75) is 97.3 Å². The van der Waals surface area contributed by atoms with Gasteiger partial charge in [-0.25, -0.2) is 18.7 Å². The summed E-state index contributed by atoms with van der Waals surface area (Å²) in [6, 6.07) is 11.0. The molecule has 0 spiro atoms. The van der Waals surface area contributed by atoms with Gasteiger partial charge in [0.05, 0.1) is 5.56 Å². The molecule has 1 aromatic heterocycles. The molecule has 0 amide bonds. The van der Waals surface area contributed by atoms with Crippen LogP contribution in [-0.2, 0) is 12.8 Å². The van der Waals surface area contributed by atoms with Crippen LogP contribution >= 0.6 is 0 Å². The van der Waals surface area contributed by atoms with E-state index in [-0.39, 0.29) is 11.4 Å². The lowest BCUT2D eigenvalue weighted by Gasteiger charge is -2.15. The van der Waals surface area contributed by atoms with Crippen LogP contribution in [0.5, 0.6) is 0 Å². The molecule has 0 saturated carbocycles. The zero-order chi connectivity index (χ0) is 24.9. The zero-order valence-electron chi connectivity index (χ0n) is 21.5. The molecule has 2 aromatic carbocycles. The first-order valence-electron chi connectivity index (χ1n) is 13.5. The molecule has 0 N–H and O–H groups in total. The Morgan fingerprint density at radius 3 is 1.89 bits per heavy atom. The van der Waals surface area contributed by atoms with Gasteiger partial charge in [0.2, 0.25) is 0 Å². The first kappa shape index (κ1) is 27.0. The topological polar surface area (TPSA) is 25.8 Å². The van der Waals surface area contributed by atoms with Crippen molar-refractivity contribution in [2.75, 3.05) is 0 Å². The normalized spacial score (nSPS) is 11.2. The zero-order valence-corrected chi connectivity index (χ0v) is 21.5. The number of rotatable bonds is 15. The fraction of sp³-hybridized carbons (Fsp3) is 0.484. The highest BCUT2D eigenvalue weighted by Crippen LogP contribution is 2.35. The minimum Gasteiger partial charge on any atom is -0.236 e. The van der Waals surface area contributed by atoms with Crippen LogP contribution in [0.1, 0.15) is 95.6 Å². The smallest absolute Gasteiger partial charge is 0.165 e. The van der Waals surface area contributed by atoms with E-state index in [9.17, 15) is 0 Å². The third-order valence-electron chi connectivity index (χ3n) is 6.68. The molecule has 0 fully saturated rings. The summed E-state index contributed by atoms with van der Waals surface area (Å²) in [5.41, 5.74) is 2.92. The maximum absolute atomic E-state index is 15.9. The van der Waals surface area contributed by atoms with Crippen molar-refractivity contribution < 1.29 is 8.78 Å². The fourth-order valence-corrected chi connectivity index (χ4v) is 4.61. The maximum Gasteiger partial charge on any atom is 0.165 e. The second-order valence-corrected chi connectivity index (χ2v) is 9.54. The van der Waals surface area contributed by atoms with Gasteiger partial charge in [0.15, 0.2) is 5.82 Å². The van der Waals surface area contributed by atoms with Crippen molar-refractivity contribution >= 4 is 0 Å². The van der Waals surface area contributed by atoms with Crippen molar-refractivity contribution in [3.63, 3.8) is 0 Å². The van der Waals surface area contributed by atoms with Crippen LogP contribution in [0.15, 0.2) is 48.8 Å². The lowest BCUT2D eigenvalue weighted by molar-refractivity contribution is 0.564. The van der Waals surface area contributed by atoms with Gasteiger partial charge in [0, 0.05) is 12.4 Å². The van der Waals surface area contributed by atoms with E-state index in [1.54, 1.807) is 12.4 Å². The van der Waals surface area contributed by atoms with Crippen molar-refractivity contribution in [1.82, 2.24) is 9.97 Å². The summed E-state index contributed by atoms with van der Waals surface area (Å²) in [5.74, 6) is -1.01. The largest absolute Gasteiger partial charge is 0.236 e. The standard InChI is InChI=1S/C31H40F2N2/c1-3-5-7-9-11-16-20-26-27(25-18-14-12-15-19-25)21-28(32)29(30(26)33)31-34-22-24(23-35-31)17-13-10-8-6-4-2/h12,14-15,18-19,21-23H,3-11,13,16-17,20H2,1-2H3. The van der Waals surface area contributed by atoms with Crippen LogP contribution in [0.4, 0.5) is 8.78 Å². The van der Waals surface area contributed by atoms with Gasteiger partial charge in [0.1, 0.15) is 11.6 Å². The van der Waals surface area contributed by atoms with E-state index >= 15 is 8.78 Å². The molecule has 35 heavy (non-hydrogen) atoms. The quantitative estimate of drug-likeness (QED) is 0.203. The molecule has 3 rings (SSSR count). The highest BCUT2D eigenvalue weighted by atomic mass is 19.1. The van der Waals surface area contributed by atoms with Gasteiger partial charge < -0.3 is 0 Å². The predicted octanol–water partition coefficient (Wildman–Crippen LogP) is 9.50. The summed E-state index contributed by atoms with van der Waals surface area (Å²) in [7, 11) is 0. The molecule has 0 aliphatic heterocycles. The Hall–Kier alpha value is -2.62. The number of hydrogen-bond donors (Lipinski definition) is 0. The van der Waals surface area contributed by atoms with Gasteiger partial charge in [-0.05, 0) is 54.0 Å². The van der Waals surface area contributed by atoms with E-state index in [0.29, 0.717) is 17.5 Å². The van der Waals surface area contributed by atoms with Gasteiger partial charge >= 0.3 is 0 Å². The highest BCUT2D eigenvalue weighted by Gasteiger charge is 2.22. The van der Waals surface area contributed by atoms with Crippen LogP contribution in [0, 0.1) is 11.6 Å². The van der Waals surface area contributed by atoms with Crippen LogP contribution < -0.4 is 0 Å². The molecule has 0 aliphatic rings. The first-order chi connectivity index (χ1) is 17.2. The number of benzene rings is 2. The van der Waals surface area contributed by atoms with Gasteiger partial charge in [-0.2, -0.15) is 0 Å². The Morgan fingerprint density at radius 1 is 0.686 bits per heavy atom. The minimum absolute atomic E-state index is 0.111. The maximum atomic E-state index is 15.9. The third-order valence-corrected chi connectivity index (χ3v) is 6.68. The Balaban J connectivity index is 1.82. The van der Waals surface area contributed by atoms with Gasteiger partial charge in [-0.15, -0.1) is 0 Å². The fourth-order valence-electron chi connectivity index (χ4n) is 4.61. The lowest BCUT2D eigenvalue weighted by Crippen LogP contribution is -2.04. The SMILES string of the molecule is CCCCCCCCc1c(-c2ccccc2)cc(F)c(-c2ncc(CCCCCCC)cn2)c1F. The molecule has 0 radical (unpaired) electrons. The number of hydrogen-bond acceptors (Lipinski definition) is 2. The van der Waals surface area contributed by atoms with Crippen molar-refractivity contribution in [2.24, 2.45) is 0 Å². The van der Waals surface area contributed by atoms with Crippen molar-refractivity contribution in [3.05, 3.63) is 71.6 Å². The molecule has 0 atom stereocenters. The van der Waals surface area contributed by atoms with Crippen LogP contribution in [0.25, 0.3) is 22.5 Å². The van der Waals surface area contributed by atoms with Gasteiger partial charge in [0.25, 0.3) is 0 Å². The molecule has 188 valence electrons. The number of halogens is 2. The summed E-state index contributed by atoms with van der Waals surface area (Å²) < 4.78 is 31.2. The Kier molecular flexibility index (Phi) is 11.3. The van der Waals surface area contributed by atoms with Crippen LogP contribution in [0.2, 0.25) is 0 Å². The van der Waals surface area contributed by atoms with Crippen molar-refractivity contribution in [3.8, 4) is 22.5 Å². The third kappa shape index (κ3) is 7.95. The number of nitrogens with zero attached hydrogens (tertiary/aromatic N) is 2. The second-order valence-electron chi connectivity index (χ2n) is 9.54. The van der Waals surface area contributed by atoms with E-state index in [4.69, 9.17) is 0 Å². The highest BCUT2D eigenvalue weighted by molar-refractivity contribution is 5.73. The monoisotopic (exact) mass is 478 g/mol. The van der Waals surface area contributed by atoms with E-state index in [0.717, 1.165) is 43.2 Å². The van der Waals surface area contributed by atoms with E-state index in [1.807, 2.05) is 30.3 Å². The molecular formula is C31H40F2N2. The summed E-state index contributed by atoms with van der Waals surface area (Å²) in [6.45, 7) is 4.40. The minimum atomic E-state index is -0.611. The number of aromatic nitrogens is 2. The Bertz CT molecular complexity index is 1020. The van der Waals surface area contributed by atoms with Gasteiger partial charge in [-0.3, -0.25) is 0 Å². The van der Waals surface area contributed by atoms with E-state index < -0.39 is 11.6 Å². The second kappa shape index (κ2) is 14.7. The molecule has 0 unspecified atom stereocenters. The molecular weight excluding hydrogens is 438 g/mol. The number of unbranched alkanes of at least 4 members (excludes halogenated alkanes) is 9. The summed E-state index contributed by atoms with van der Waals surface area (Å²) in [6.07, 6.45) is 17.6. The Labute approximate surface area is 210 Å². The molecule has 1 heterocycles. The molecule has 0 saturated heterocycles.